The van der Waals surface area contributed by atoms with Crippen molar-refractivity contribution in [2.75, 3.05) is 11.9 Å². The van der Waals surface area contributed by atoms with Gasteiger partial charge in [0.1, 0.15) is 0 Å². The maximum Gasteiger partial charge on any atom is 0.319 e. The number of nitrogens with one attached hydrogen (secondary N) is 2. The van der Waals surface area contributed by atoms with Gasteiger partial charge in [-0.05, 0) is 37.1 Å². The lowest BCUT2D eigenvalue weighted by Gasteiger charge is -2.07. The number of aliphatic carboxylic acids is 1. The van der Waals surface area contributed by atoms with E-state index >= 15 is 0 Å². The van der Waals surface area contributed by atoms with Crippen molar-refractivity contribution in [3.8, 4) is 0 Å². The Kier molecular flexibility index (Phi) is 7.72. The third-order valence-electron chi connectivity index (χ3n) is 2.71. The first kappa shape index (κ1) is 16.5. The normalized spacial score (nSPS) is 10.1. The number of benzene rings is 1. The lowest BCUT2D eigenvalue weighted by Crippen LogP contribution is -2.29. The Morgan fingerprint density at radius 1 is 1.05 bits per heavy atom. The summed E-state index contributed by atoms with van der Waals surface area (Å²) in [7, 11) is 0. The zero-order valence-electron chi connectivity index (χ0n) is 11.2. The molecule has 0 radical (unpaired) electrons. The number of carboxylic acid groups (broad SMARTS) is 1. The molecule has 0 unspecified atom stereocenters. The number of hydrogen-bond donors (Lipinski definition) is 3. The fourth-order valence-electron chi connectivity index (χ4n) is 1.67. The van der Waals surface area contributed by atoms with Crippen molar-refractivity contribution in [1.29, 1.82) is 0 Å². The number of carbonyl (C=O) groups excluding carboxylic acids is 1. The van der Waals surface area contributed by atoms with E-state index in [9.17, 15) is 9.59 Å². The highest BCUT2D eigenvalue weighted by atomic mass is 79.9. The van der Waals surface area contributed by atoms with E-state index in [0.29, 0.717) is 13.0 Å². The highest BCUT2D eigenvalue weighted by molar-refractivity contribution is 9.10. The van der Waals surface area contributed by atoms with Crippen molar-refractivity contribution in [3.63, 3.8) is 0 Å². The molecule has 6 heteroatoms. The van der Waals surface area contributed by atoms with Crippen molar-refractivity contribution in [3.05, 3.63) is 28.7 Å². The summed E-state index contributed by atoms with van der Waals surface area (Å²) in [6.45, 7) is 0.593. The molecule has 0 atom stereocenters. The van der Waals surface area contributed by atoms with Gasteiger partial charge in [-0.15, -0.1) is 0 Å². The van der Waals surface area contributed by atoms with Crippen LogP contribution in [0.2, 0.25) is 0 Å². The van der Waals surface area contributed by atoms with Gasteiger partial charge in [-0.3, -0.25) is 4.79 Å². The SMILES string of the molecule is O=C(O)CCCCCCNC(=O)Nc1ccc(Br)cc1. The molecule has 0 fully saturated rings. The third kappa shape index (κ3) is 7.78. The molecule has 0 saturated carbocycles. The van der Waals surface area contributed by atoms with Crippen molar-refractivity contribution in [2.45, 2.75) is 32.1 Å². The summed E-state index contributed by atoms with van der Waals surface area (Å²) in [5, 5.41) is 14.0. The first-order chi connectivity index (χ1) is 9.58. The molecule has 3 N–H and O–H groups in total. The zero-order valence-corrected chi connectivity index (χ0v) is 12.8. The second-order valence-corrected chi connectivity index (χ2v) is 5.36. The minimum absolute atomic E-state index is 0.220. The number of anilines is 1. The molecule has 1 aromatic carbocycles. The predicted molar refractivity (Wildman–Crippen MR) is 81.9 cm³/mol. The summed E-state index contributed by atoms with van der Waals surface area (Å²) in [5.41, 5.74) is 0.743. The Balaban J connectivity index is 2.05. The van der Waals surface area contributed by atoms with E-state index in [0.717, 1.165) is 29.4 Å². The van der Waals surface area contributed by atoms with Crippen LogP contribution in [-0.4, -0.2) is 23.7 Å². The summed E-state index contributed by atoms with van der Waals surface area (Å²) < 4.78 is 0.963. The lowest BCUT2D eigenvalue weighted by molar-refractivity contribution is -0.137. The molecule has 0 heterocycles. The van der Waals surface area contributed by atoms with Gasteiger partial charge in [-0.25, -0.2) is 4.79 Å². The van der Waals surface area contributed by atoms with E-state index in [2.05, 4.69) is 26.6 Å². The molecule has 0 bridgehead atoms. The molecule has 0 spiro atoms. The van der Waals surface area contributed by atoms with Gasteiger partial charge in [-0.2, -0.15) is 0 Å². The molecule has 20 heavy (non-hydrogen) atoms. The van der Waals surface area contributed by atoms with Crippen LogP contribution in [0.3, 0.4) is 0 Å². The van der Waals surface area contributed by atoms with E-state index in [1.165, 1.54) is 0 Å². The molecule has 0 aliphatic rings. The zero-order chi connectivity index (χ0) is 14.8. The minimum Gasteiger partial charge on any atom is -0.481 e. The smallest absolute Gasteiger partial charge is 0.319 e. The first-order valence-electron chi connectivity index (χ1n) is 6.60. The number of unbranched alkanes of at least 4 members (excludes halogenated alkanes) is 3. The largest absolute Gasteiger partial charge is 0.481 e. The summed E-state index contributed by atoms with van der Waals surface area (Å²) in [5.74, 6) is -0.753. The van der Waals surface area contributed by atoms with Crippen LogP contribution in [0.25, 0.3) is 0 Å². The number of hydrogen-bond acceptors (Lipinski definition) is 2. The Bertz CT molecular complexity index is 435. The fraction of sp³-hybridized carbons (Fsp3) is 0.429. The quantitative estimate of drug-likeness (QED) is 0.631. The Morgan fingerprint density at radius 2 is 1.70 bits per heavy atom. The van der Waals surface area contributed by atoms with Gasteiger partial charge >= 0.3 is 12.0 Å². The Morgan fingerprint density at radius 3 is 2.35 bits per heavy atom. The lowest BCUT2D eigenvalue weighted by atomic mass is 10.1. The van der Waals surface area contributed by atoms with Crippen LogP contribution in [0.15, 0.2) is 28.7 Å². The number of carboxylic acids is 1. The number of urea groups is 1. The van der Waals surface area contributed by atoms with E-state index in [1.54, 1.807) is 0 Å². The Hall–Kier alpha value is -1.56. The fourth-order valence-corrected chi connectivity index (χ4v) is 1.93. The second-order valence-electron chi connectivity index (χ2n) is 4.45. The highest BCUT2D eigenvalue weighted by Gasteiger charge is 2.01. The molecule has 0 aromatic heterocycles. The van der Waals surface area contributed by atoms with Gasteiger partial charge in [0, 0.05) is 23.1 Å². The van der Waals surface area contributed by atoms with E-state index in [1.807, 2.05) is 24.3 Å². The van der Waals surface area contributed by atoms with E-state index < -0.39 is 5.97 Å². The highest BCUT2D eigenvalue weighted by Crippen LogP contribution is 2.13. The molecule has 0 aliphatic heterocycles. The third-order valence-corrected chi connectivity index (χ3v) is 3.23. The van der Waals surface area contributed by atoms with E-state index in [-0.39, 0.29) is 12.5 Å². The van der Waals surface area contributed by atoms with Crippen LogP contribution >= 0.6 is 15.9 Å². The molecular formula is C14H19BrN2O3. The topological polar surface area (TPSA) is 78.4 Å². The molecular weight excluding hydrogens is 324 g/mol. The summed E-state index contributed by atoms with van der Waals surface area (Å²) >= 11 is 3.33. The summed E-state index contributed by atoms with van der Waals surface area (Å²) in [4.78, 5) is 21.9. The predicted octanol–water partition coefficient (Wildman–Crippen LogP) is 3.61. The Labute approximate surface area is 126 Å². The minimum atomic E-state index is -0.753. The van der Waals surface area contributed by atoms with Crippen molar-refractivity contribution in [1.82, 2.24) is 5.32 Å². The van der Waals surface area contributed by atoms with Gasteiger partial charge in [0.15, 0.2) is 0 Å². The van der Waals surface area contributed by atoms with Crippen molar-refractivity contribution >= 4 is 33.6 Å². The molecule has 110 valence electrons. The standard InChI is InChI=1S/C14H19BrN2O3/c15-11-6-8-12(9-7-11)17-14(20)16-10-4-2-1-3-5-13(18)19/h6-9H,1-5,10H2,(H,18,19)(H2,16,17,20). The van der Waals surface area contributed by atoms with Crippen molar-refractivity contribution < 1.29 is 14.7 Å². The second kappa shape index (κ2) is 9.36. The van der Waals surface area contributed by atoms with Crippen LogP contribution < -0.4 is 10.6 Å². The summed E-state index contributed by atoms with van der Waals surface area (Å²) in [6.07, 6.45) is 3.57. The number of amides is 2. The molecule has 1 rings (SSSR count). The van der Waals surface area contributed by atoms with E-state index in [4.69, 9.17) is 5.11 Å². The molecule has 2 amide bonds. The number of carbonyl (C=O) groups is 2. The van der Waals surface area contributed by atoms with Gasteiger partial charge in [-0.1, -0.05) is 28.8 Å². The summed E-state index contributed by atoms with van der Waals surface area (Å²) in [6, 6.07) is 7.12. The van der Waals surface area contributed by atoms with Crippen LogP contribution in [0.4, 0.5) is 10.5 Å². The van der Waals surface area contributed by atoms with Crippen LogP contribution in [-0.2, 0) is 4.79 Å². The van der Waals surface area contributed by atoms with Crippen molar-refractivity contribution in [2.24, 2.45) is 0 Å². The molecule has 1 aromatic rings. The first-order valence-corrected chi connectivity index (χ1v) is 7.39. The van der Waals surface area contributed by atoms with Gasteiger partial charge in [0.05, 0.1) is 0 Å². The monoisotopic (exact) mass is 342 g/mol. The molecule has 5 nitrogen and oxygen atoms in total. The van der Waals surface area contributed by atoms with Gasteiger partial charge in [0.25, 0.3) is 0 Å². The molecule has 0 aliphatic carbocycles. The van der Waals surface area contributed by atoms with Gasteiger partial charge in [0.2, 0.25) is 0 Å². The number of rotatable bonds is 8. The van der Waals surface area contributed by atoms with Gasteiger partial charge < -0.3 is 15.7 Å². The van der Waals surface area contributed by atoms with Crippen LogP contribution in [0, 0.1) is 0 Å². The van der Waals surface area contributed by atoms with Crippen LogP contribution in [0.1, 0.15) is 32.1 Å². The average molecular weight is 343 g/mol. The van der Waals surface area contributed by atoms with Crippen LogP contribution in [0.5, 0.6) is 0 Å². The maximum atomic E-state index is 11.6. The average Bonchev–Trinajstić information content (AvgIpc) is 2.40. The maximum absolute atomic E-state index is 11.6. The molecule has 0 saturated heterocycles. The number of halogens is 1.